The summed E-state index contributed by atoms with van der Waals surface area (Å²) in [5.41, 5.74) is 5.60. The maximum Gasteiger partial charge on any atom is 0.407 e. The molecular weight excluding hydrogens is 230 g/mol. The number of hydrogen-bond acceptors (Lipinski definition) is 3. The highest BCUT2D eigenvalue weighted by Gasteiger charge is 1.99. The van der Waals surface area contributed by atoms with Crippen molar-refractivity contribution < 1.29 is 9.53 Å². The van der Waals surface area contributed by atoms with E-state index in [9.17, 15) is 4.79 Å². The molecule has 0 fully saturated rings. The number of amides is 1. The Morgan fingerprint density at radius 2 is 2.22 bits per heavy atom. The van der Waals surface area contributed by atoms with Gasteiger partial charge in [-0.2, -0.15) is 0 Å². The lowest BCUT2D eigenvalue weighted by Crippen LogP contribution is -2.25. The van der Waals surface area contributed by atoms with Gasteiger partial charge in [-0.25, -0.2) is 4.79 Å². The Morgan fingerprint density at radius 3 is 2.89 bits per heavy atom. The lowest BCUT2D eigenvalue weighted by atomic mass is 10.3. The predicted octanol–water partition coefficient (Wildman–Crippen LogP) is 2.23. The van der Waals surface area contributed by atoms with Crippen molar-refractivity contribution in [1.82, 2.24) is 5.32 Å². The van der Waals surface area contributed by atoms with E-state index < -0.39 is 0 Å². The van der Waals surface area contributed by atoms with Gasteiger partial charge in [0, 0.05) is 19.5 Å². The molecule has 1 amide bonds. The Morgan fingerprint density at radius 1 is 1.44 bits per heavy atom. The molecule has 0 heterocycles. The van der Waals surface area contributed by atoms with Gasteiger partial charge in [0.15, 0.2) is 0 Å². The molecule has 0 saturated carbocycles. The Hall–Kier alpha value is -1.52. The first-order chi connectivity index (χ1) is 8.70. The highest BCUT2D eigenvalue weighted by molar-refractivity contribution is 5.81. The molecule has 18 heavy (non-hydrogen) atoms. The zero-order chi connectivity index (χ0) is 13.6. The van der Waals surface area contributed by atoms with E-state index in [-0.39, 0.29) is 6.09 Å². The van der Waals surface area contributed by atoms with Crippen molar-refractivity contribution >= 4 is 11.9 Å². The number of carbonyl (C=O) groups excluding carboxylic acids is 1. The number of rotatable bonds is 10. The van der Waals surface area contributed by atoms with Gasteiger partial charge >= 0.3 is 6.09 Å². The summed E-state index contributed by atoms with van der Waals surface area (Å²) >= 11 is 0. The molecule has 0 aliphatic carbocycles. The van der Waals surface area contributed by atoms with Crippen molar-refractivity contribution in [1.29, 1.82) is 0 Å². The van der Waals surface area contributed by atoms with E-state index in [1.54, 1.807) is 6.08 Å². The summed E-state index contributed by atoms with van der Waals surface area (Å²) in [6.45, 7) is 7.43. The molecule has 0 aromatic rings. The minimum absolute atomic E-state index is 0.335. The number of ether oxygens (including phenoxy) is 1. The van der Waals surface area contributed by atoms with Crippen LogP contribution in [0.25, 0.3) is 0 Å². The van der Waals surface area contributed by atoms with Gasteiger partial charge < -0.3 is 15.8 Å². The molecule has 0 unspecified atom stereocenters. The number of nitrogens with two attached hydrogens (primary N) is 1. The smallest absolute Gasteiger partial charge is 0.407 e. The number of aliphatic imine (C=N–C) groups is 1. The summed E-state index contributed by atoms with van der Waals surface area (Å²) in [6, 6.07) is 0. The molecule has 0 aliphatic heterocycles. The summed E-state index contributed by atoms with van der Waals surface area (Å²) in [5, 5.41) is 2.70. The van der Waals surface area contributed by atoms with E-state index in [0.717, 1.165) is 25.7 Å². The molecule has 0 aliphatic rings. The van der Waals surface area contributed by atoms with E-state index in [0.29, 0.717) is 32.0 Å². The van der Waals surface area contributed by atoms with Gasteiger partial charge in [-0.15, -0.1) is 6.58 Å². The topological polar surface area (TPSA) is 76.7 Å². The third kappa shape index (κ3) is 11.0. The van der Waals surface area contributed by atoms with Crippen LogP contribution in [-0.4, -0.2) is 31.6 Å². The van der Waals surface area contributed by atoms with Crippen LogP contribution < -0.4 is 11.1 Å². The maximum absolute atomic E-state index is 11.2. The minimum atomic E-state index is -0.335. The first kappa shape index (κ1) is 16.5. The number of amidine groups is 1. The molecule has 0 saturated heterocycles. The van der Waals surface area contributed by atoms with Crippen LogP contribution >= 0.6 is 0 Å². The molecule has 0 aromatic carbocycles. The SMILES string of the molecule is C=CCC(N)=NCCCCNC(=O)OCCCC. The van der Waals surface area contributed by atoms with Crippen molar-refractivity contribution in [2.75, 3.05) is 19.7 Å². The second-order valence-corrected chi connectivity index (χ2v) is 3.99. The van der Waals surface area contributed by atoms with Gasteiger partial charge in [0.05, 0.1) is 12.4 Å². The van der Waals surface area contributed by atoms with E-state index in [2.05, 4.69) is 23.8 Å². The monoisotopic (exact) mass is 255 g/mol. The normalized spacial score (nSPS) is 11.1. The van der Waals surface area contributed by atoms with Crippen LogP contribution in [0, 0.1) is 0 Å². The van der Waals surface area contributed by atoms with E-state index in [1.807, 2.05) is 0 Å². The number of alkyl carbamates (subject to hydrolysis) is 1. The van der Waals surface area contributed by atoms with Crippen LogP contribution in [0.15, 0.2) is 17.6 Å². The highest BCUT2D eigenvalue weighted by Crippen LogP contribution is 1.92. The second-order valence-electron chi connectivity index (χ2n) is 3.99. The molecule has 0 rings (SSSR count). The van der Waals surface area contributed by atoms with Gasteiger partial charge in [0.2, 0.25) is 0 Å². The summed E-state index contributed by atoms with van der Waals surface area (Å²) in [4.78, 5) is 15.3. The number of nitrogens with zero attached hydrogens (tertiary/aromatic N) is 1. The molecule has 3 N–H and O–H groups in total. The fourth-order valence-electron chi connectivity index (χ4n) is 1.22. The molecule has 5 heteroatoms. The van der Waals surface area contributed by atoms with Crippen LogP contribution in [-0.2, 0) is 4.74 Å². The van der Waals surface area contributed by atoms with Crippen LogP contribution in [0.2, 0.25) is 0 Å². The molecule has 0 radical (unpaired) electrons. The number of unbranched alkanes of at least 4 members (excludes halogenated alkanes) is 2. The van der Waals surface area contributed by atoms with Crippen molar-refractivity contribution in [3.8, 4) is 0 Å². The minimum Gasteiger partial charge on any atom is -0.450 e. The van der Waals surface area contributed by atoms with Crippen molar-refractivity contribution in [2.24, 2.45) is 10.7 Å². The van der Waals surface area contributed by atoms with Crippen molar-refractivity contribution in [3.05, 3.63) is 12.7 Å². The van der Waals surface area contributed by atoms with Gasteiger partial charge in [-0.3, -0.25) is 4.99 Å². The van der Waals surface area contributed by atoms with E-state index in [1.165, 1.54) is 0 Å². The van der Waals surface area contributed by atoms with E-state index >= 15 is 0 Å². The predicted molar refractivity (Wildman–Crippen MR) is 74.8 cm³/mol. The quantitative estimate of drug-likeness (QED) is 0.272. The number of carbonyl (C=O) groups is 1. The van der Waals surface area contributed by atoms with Crippen molar-refractivity contribution in [3.63, 3.8) is 0 Å². The zero-order valence-corrected chi connectivity index (χ0v) is 11.3. The second kappa shape index (κ2) is 12.0. The first-order valence-electron chi connectivity index (χ1n) is 6.51. The fourth-order valence-corrected chi connectivity index (χ4v) is 1.22. The number of nitrogens with one attached hydrogen (secondary N) is 1. The molecule has 0 atom stereocenters. The maximum atomic E-state index is 11.2. The molecular formula is C13H25N3O2. The molecule has 0 bridgehead atoms. The van der Waals surface area contributed by atoms with Crippen LogP contribution in [0.4, 0.5) is 4.79 Å². The Labute approximate surface area is 109 Å². The third-order valence-corrected chi connectivity index (χ3v) is 2.25. The first-order valence-corrected chi connectivity index (χ1v) is 6.51. The Bertz CT molecular complexity index is 265. The summed E-state index contributed by atoms with van der Waals surface area (Å²) in [6.07, 6.45) is 5.72. The average molecular weight is 255 g/mol. The number of hydrogen-bond donors (Lipinski definition) is 2. The highest BCUT2D eigenvalue weighted by atomic mass is 16.5. The summed E-state index contributed by atoms with van der Waals surface area (Å²) < 4.78 is 4.95. The zero-order valence-electron chi connectivity index (χ0n) is 11.3. The summed E-state index contributed by atoms with van der Waals surface area (Å²) in [5.74, 6) is 0.608. The van der Waals surface area contributed by atoms with Gasteiger partial charge in [-0.1, -0.05) is 19.4 Å². The standard InChI is InChI=1S/C13H25N3O2/c1-3-5-11-18-13(17)16-10-7-6-9-15-12(14)8-4-2/h4H,2-3,5-11H2,1H3,(H2,14,15)(H,16,17). The Balaban J connectivity index is 3.37. The molecule has 5 nitrogen and oxygen atoms in total. The molecule has 104 valence electrons. The van der Waals surface area contributed by atoms with Gasteiger partial charge in [0.25, 0.3) is 0 Å². The third-order valence-electron chi connectivity index (χ3n) is 2.25. The molecule has 0 aromatic heterocycles. The van der Waals surface area contributed by atoms with Gasteiger partial charge in [-0.05, 0) is 19.3 Å². The fraction of sp³-hybridized carbons (Fsp3) is 0.692. The average Bonchev–Trinajstić information content (AvgIpc) is 2.34. The summed E-state index contributed by atoms with van der Waals surface area (Å²) in [7, 11) is 0. The van der Waals surface area contributed by atoms with Crippen molar-refractivity contribution in [2.45, 2.75) is 39.0 Å². The van der Waals surface area contributed by atoms with E-state index in [4.69, 9.17) is 10.5 Å². The van der Waals surface area contributed by atoms with Crippen LogP contribution in [0.5, 0.6) is 0 Å². The lowest BCUT2D eigenvalue weighted by molar-refractivity contribution is 0.144. The lowest BCUT2D eigenvalue weighted by Gasteiger charge is -2.05. The molecule has 0 spiro atoms. The van der Waals surface area contributed by atoms with Crippen LogP contribution in [0.1, 0.15) is 39.0 Å². The van der Waals surface area contributed by atoms with Gasteiger partial charge in [0.1, 0.15) is 0 Å². The Kier molecular flexibility index (Phi) is 10.9. The largest absolute Gasteiger partial charge is 0.450 e. The van der Waals surface area contributed by atoms with Crippen LogP contribution in [0.3, 0.4) is 0 Å².